The summed E-state index contributed by atoms with van der Waals surface area (Å²) in [6.45, 7) is 27.6. The van der Waals surface area contributed by atoms with Gasteiger partial charge in [0, 0.05) is 11.5 Å². The van der Waals surface area contributed by atoms with Gasteiger partial charge in [0.25, 0.3) is 0 Å². The fourth-order valence-electron chi connectivity index (χ4n) is 5.77. The van der Waals surface area contributed by atoms with E-state index in [1.807, 2.05) is 31.2 Å². The SMILES string of the molecule is CCCC(c1cc(C(C)(C)C)c(O)cc1C)c1cc(C(C)(C)C)c(O)cc1C.Cc1cccc(O)c1C(C)(C)C. The molecule has 3 nitrogen and oxygen atoms in total. The molecule has 0 fully saturated rings. The van der Waals surface area contributed by atoms with E-state index < -0.39 is 0 Å². The first kappa shape index (κ1) is 33.3. The molecule has 0 heterocycles. The van der Waals surface area contributed by atoms with Crippen LogP contribution in [0.25, 0.3) is 0 Å². The highest BCUT2D eigenvalue weighted by atomic mass is 16.3. The second-order valence-corrected chi connectivity index (χ2v) is 14.5. The van der Waals surface area contributed by atoms with Gasteiger partial charge in [0.15, 0.2) is 0 Å². The molecule has 0 aromatic heterocycles. The lowest BCUT2D eigenvalue weighted by Crippen LogP contribution is -2.16. The van der Waals surface area contributed by atoms with Crippen molar-refractivity contribution in [1.29, 1.82) is 0 Å². The largest absolute Gasteiger partial charge is 0.508 e. The van der Waals surface area contributed by atoms with Crippen LogP contribution in [0.15, 0.2) is 42.5 Å². The van der Waals surface area contributed by atoms with Crippen LogP contribution in [0.3, 0.4) is 0 Å². The van der Waals surface area contributed by atoms with Crippen LogP contribution in [-0.2, 0) is 16.2 Å². The average molecular weight is 547 g/mol. The Balaban J connectivity index is 0.000000389. The maximum absolute atomic E-state index is 10.5. The van der Waals surface area contributed by atoms with Crippen LogP contribution in [0.4, 0.5) is 0 Å². The number of hydrogen-bond donors (Lipinski definition) is 3. The standard InChI is InChI=1S/C26H38O2.C11H16O/c1-10-11-18(19-14-21(25(4,5)6)23(27)12-16(19)2)20-15-22(26(7,8)9)24(28)13-17(20)3;1-8-6-5-7-9(12)10(8)11(2,3)4/h12-15,18,27-28H,10-11H2,1-9H3;5-7,12H,1-4H3. The molecule has 0 amide bonds. The molecule has 0 aliphatic heterocycles. The van der Waals surface area contributed by atoms with Crippen LogP contribution in [0.2, 0.25) is 0 Å². The highest BCUT2D eigenvalue weighted by molar-refractivity contribution is 5.52. The molecule has 3 N–H and O–H groups in total. The molecule has 0 saturated carbocycles. The van der Waals surface area contributed by atoms with Gasteiger partial charge in [-0.15, -0.1) is 0 Å². The summed E-state index contributed by atoms with van der Waals surface area (Å²) in [6, 6.07) is 13.9. The second-order valence-electron chi connectivity index (χ2n) is 14.5. The third-order valence-electron chi connectivity index (χ3n) is 7.71. The summed E-state index contributed by atoms with van der Waals surface area (Å²) in [5.74, 6) is 1.40. The Morgan fingerprint density at radius 3 is 1.30 bits per heavy atom. The molecule has 3 heteroatoms. The van der Waals surface area contributed by atoms with E-state index in [1.165, 1.54) is 11.1 Å². The van der Waals surface area contributed by atoms with Crippen LogP contribution in [0.5, 0.6) is 17.2 Å². The molecule has 40 heavy (non-hydrogen) atoms. The first-order valence-electron chi connectivity index (χ1n) is 14.7. The van der Waals surface area contributed by atoms with Gasteiger partial charge in [-0.25, -0.2) is 0 Å². The molecular formula is C37H54O3. The summed E-state index contributed by atoms with van der Waals surface area (Å²) in [7, 11) is 0. The normalized spacial score (nSPS) is 12.3. The zero-order valence-corrected chi connectivity index (χ0v) is 27.4. The van der Waals surface area contributed by atoms with Crippen molar-refractivity contribution in [2.45, 2.75) is 125 Å². The van der Waals surface area contributed by atoms with Crippen molar-refractivity contribution in [3.05, 3.63) is 87.0 Å². The Kier molecular flexibility index (Phi) is 10.2. The van der Waals surface area contributed by atoms with Crippen molar-refractivity contribution in [2.24, 2.45) is 0 Å². The van der Waals surface area contributed by atoms with Gasteiger partial charge in [0.2, 0.25) is 0 Å². The number of rotatable bonds is 4. The molecule has 0 bridgehead atoms. The molecule has 3 rings (SSSR count). The first-order valence-corrected chi connectivity index (χ1v) is 14.7. The van der Waals surface area contributed by atoms with Gasteiger partial charge >= 0.3 is 0 Å². The highest BCUT2D eigenvalue weighted by Crippen LogP contribution is 2.42. The second kappa shape index (κ2) is 12.3. The number of aryl methyl sites for hydroxylation is 3. The number of hydrogen-bond acceptors (Lipinski definition) is 3. The van der Waals surface area contributed by atoms with Gasteiger partial charge < -0.3 is 15.3 Å². The third-order valence-corrected chi connectivity index (χ3v) is 7.71. The van der Waals surface area contributed by atoms with Crippen molar-refractivity contribution in [1.82, 2.24) is 0 Å². The van der Waals surface area contributed by atoms with Crippen molar-refractivity contribution in [3.63, 3.8) is 0 Å². The quantitative estimate of drug-likeness (QED) is 0.305. The smallest absolute Gasteiger partial charge is 0.119 e. The molecule has 0 aliphatic carbocycles. The number of phenolic OH excluding ortho intramolecular Hbond substituents is 3. The molecule has 3 aromatic rings. The van der Waals surface area contributed by atoms with Gasteiger partial charge in [-0.1, -0.05) is 99.9 Å². The van der Waals surface area contributed by atoms with Crippen LogP contribution in [-0.4, -0.2) is 15.3 Å². The van der Waals surface area contributed by atoms with Crippen LogP contribution in [0, 0.1) is 20.8 Å². The fourth-order valence-corrected chi connectivity index (χ4v) is 5.77. The third kappa shape index (κ3) is 7.83. The Labute approximate surface area is 244 Å². The average Bonchev–Trinajstić information content (AvgIpc) is 2.76. The van der Waals surface area contributed by atoms with E-state index in [1.54, 1.807) is 6.07 Å². The van der Waals surface area contributed by atoms with Crippen LogP contribution < -0.4 is 0 Å². The summed E-state index contributed by atoms with van der Waals surface area (Å²) in [5.41, 5.74) is 8.75. The molecule has 220 valence electrons. The predicted octanol–water partition coefficient (Wildman–Crippen LogP) is 10.2. The fraction of sp³-hybridized carbons (Fsp3) is 0.514. The van der Waals surface area contributed by atoms with Gasteiger partial charge in [0.1, 0.15) is 17.2 Å². The summed E-state index contributed by atoms with van der Waals surface area (Å²) in [5, 5.41) is 30.7. The van der Waals surface area contributed by atoms with E-state index in [-0.39, 0.29) is 22.2 Å². The zero-order chi connectivity index (χ0) is 30.8. The van der Waals surface area contributed by atoms with Crippen LogP contribution >= 0.6 is 0 Å². The molecule has 0 unspecified atom stereocenters. The van der Waals surface area contributed by atoms with Gasteiger partial charge in [0.05, 0.1) is 0 Å². The molecule has 0 atom stereocenters. The zero-order valence-electron chi connectivity index (χ0n) is 27.4. The summed E-state index contributed by atoms with van der Waals surface area (Å²) in [6.07, 6.45) is 2.10. The summed E-state index contributed by atoms with van der Waals surface area (Å²) in [4.78, 5) is 0. The molecular weight excluding hydrogens is 492 g/mol. The molecule has 3 aromatic carbocycles. The minimum atomic E-state index is -0.121. The van der Waals surface area contributed by atoms with E-state index in [0.29, 0.717) is 17.2 Å². The highest BCUT2D eigenvalue weighted by Gasteiger charge is 2.27. The van der Waals surface area contributed by atoms with Crippen molar-refractivity contribution < 1.29 is 15.3 Å². The topological polar surface area (TPSA) is 60.7 Å². The van der Waals surface area contributed by atoms with E-state index >= 15 is 0 Å². The van der Waals surface area contributed by atoms with Gasteiger partial charge in [-0.3, -0.25) is 0 Å². The lowest BCUT2D eigenvalue weighted by Gasteiger charge is -2.29. The van der Waals surface area contributed by atoms with Crippen molar-refractivity contribution in [2.75, 3.05) is 0 Å². The number of aromatic hydroxyl groups is 3. The monoisotopic (exact) mass is 546 g/mol. The molecule has 0 aliphatic rings. The van der Waals surface area contributed by atoms with E-state index in [2.05, 4.69) is 95.2 Å². The van der Waals surface area contributed by atoms with E-state index in [4.69, 9.17) is 0 Å². The predicted molar refractivity (Wildman–Crippen MR) is 171 cm³/mol. The van der Waals surface area contributed by atoms with E-state index in [0.717, 1.165) is 46.2 Å². The minimum Gasteiger partial charge on any atom is -0.508 e. The maximum Gasteiger partial charge on any atom is 0.119 e. The minimum absolute atomic E-state index is 0.0232. The Bertz CT molecular complexity index is 1220. The van der Waals surface area contributed by atoms with Crippen molar-refractivity contribution >= 4 is 0 Å². The molecule has 0 saturated heterocycles. The van der Waals surface area contributed by atoms with E-state index in [9.17, 15) is 15.3 Å². The Morgan fingerprint density at radius 2 is 1.00 bits per heavy atom. The number of benzene rings is 3. The summed E-state index contributed by atoms with van der Waals surface area (Å²) >= 11 is 0. The van der Waals surface area contributed by atoms with Gasteiger partial charge in [-0.05, 0) is 101 Å². The molecule has 0 radical (unpaired) electrons. The summed E-state index contributed by atoms with van der Waals surface area (Å²) < 4.78 is 0. The lowest BCUT2D eigenvalue weighted by molar-refractivity contribution is 0.444. The lowest BCUT2D eigenvalue weighted by atomic mass is 9.76. The maximum atomic E-state index is 10.5. The van der Waals surface area contributed by atoms with Crippen molar-refractivity contribution in [3.8, 4) is 17.2 Å². The Hall–Kier alpha value is -2.94. The number of phenols is 3. The van der Waals surface area contributed by atoms with Gasteiger partial charge in [-0.2, -0.15) is 0 Å². The molecule has 0 spiro atoms. The first-order chi connectivity index (χ1) is 18.2. The Morgan fingerprint density at radius 1 is 0.575 bits per heavy atom. The van der Waals surface area contributed by atoms with Crippen LogP contribution in [0.1, 0.15) is 133 Å².